The average molecular weight is 251 g/mol. The van der Waals surface area contributed by atoms with Crippen LogP contribution in [0, 0.1) is 0 Å². The Bertz CT molecular complexity index is 740. The third-order valence-corrected chi connectivity index (χ3v) is 2.90. The minimum atomic E-state index is 0.213. The number of rotatable bonds is 2. The molecule has 0 spiro atoms. The van der Waals surface area contributed by atoms with Gasteiger partial charge in [0.1, 0.15) is 11.6 Å². The number of phenolic OH excluding ortho intramolecular Hbond substituents is 1. The van der Waals surface area contributed by atoms with E-state index in [1.54, 1.807) is 24.4 Å². The number of nitrogens with zero attached hydrogens (tertiary/aromatic N) is 1. The third kappa shape index (κ3) is 2.28. The van der Waals surface area contributed by atoms with Gasteiger partial charge in [0.2, 0.25) is 0 Å². The van der Waals surface area contributed by atoms with E-state index in [9.17, 15) is 5.11 Å². The van der Waals surface area contributed by atoms with Crippen LogP contribution in [0.15, 0.2) is 54.7 Å². The number of anilines is 3. The highest BCUT2D eigenvalue weighted by atomic mass is 16.3. The summed E-state index contributed by atoms with van der Waals surface area (Å²) in [5, 5.41) is 14.7. The highest BCUT2D eigenvalue weighted by Crippen LogP contribution is 2.27. The van der Waals surface area contributed by atoms with Crippen LogP contribution in [0.25, 0.3) is 10.8 Å². The van der Waals surface area contributed by atoms with Gasteiger partial charge in [-0.05, 0) is 35.7 Å². The number of nitrogen functional groups attached to an aromatic ring is 1. The van der Waals surface area contributed by atoms with Crippen molar-refractivity contribution in [2.45, 2.75) is 0 Å². The molecule has 3 rings (SSSR count). The molecule has 4 N–H and O–H groups in total. The second-order valence-corrected chi connectivity index (χ2v) is 4.32. The highest BCUT2D eigenvalue weighted by molar-refractivity contribution is 5.95. The lowest BCUT2D eigenvalue weighted by atomic mass is 10.1. The van der Waals surface area contributed by atoms with Gasteiger partial charge < -0.3 is 16.2 Å². The topological polar surface area (TPSA) is 71.2 Å². The largest absolute Gasteiger partial charge is 0.508 e. The van der Waals surface area contributed by atoms with E-state index in [0.717, 1.165) is 22.3 Å². The number of fused-ring (bicyclic) bond motifs is 1. The Labute approximate surface area is 110 Å². The Morgan fingerprint density at radius 3 is 2.79 bits per heavy atom. The maximum Gasteiger partial charge on any atom is 0.138 e. The first kappa shape index (κ1) is 11.3. The standard InChI is InChI=1S/C15H13N3O/c16-11-5-4-10-6-7-17-15(14(10)8-11)18-12-2-1-3-13(19)9-12/h1-9,19H,16H2,(H,17,18). The SMILES string of the molecule is Nc1ccc2ccnc(Nc3cccc(O)c3)c2c1. The second-order valence-electron chi connectivity index (χ2n) is 4.32. The summed E-state index contributed by atoms with van der Waals surface area (Å²) in [7, 11) is 0. The average Bonchev–Trinajstić information content (AvgIpc) is 2.39. The molecule has 0 aliphatic rings. The minimum absolute atomic E-state index is 0.213. The van der Waals surface area contributed by atoms with E-state index in [1.807, 2.05) is 30.3 Å². The van der Waals surface area contributed by atoms with E-state index >= 15 is 0 Å². The zero-order chi connectivity index (χ0) is 13.2. The van der Waals surface area contributed by atoms with Crippen LogP contribution in [0.5, 0.6) is 5.75 Å². The van der Waals surface area contributed by atoms with Crippen LogP contribution in [0.1, 0.15) is 0 Å². The fourth-order valence-corrected chi connectivity index (χ4v) is 2.01. The van der Waals surface area contributed by atoms with Gasteiger partial charge in [-0.3, -0.25) is 0 Å². The molecule has 1 heterocycles. The molecule has 1 aromatic heterocycles. The van der Waals surface area contributed by atoms with Crippen molar-refractivity contribution in [2.24, 2.45) is 0 Å². The van der Waals surface area contributed by atoms with Crippen molar-refractivity contribution >= 4 is 28.0 Å². The fraction of sp³-hybridized carbons (Fsp3) is 0. The molecule has 94 valence electrons. The number of aromatic nitrogens is 1. The van der Waals surface area contributed by atoms with Crippen molar-refractivity contribution in [2.75, 3.05) is 11.1 Å². The molecule has 19 heavy (non-hydrogen) atoms. The molecule has 2 aromatic carbocycles. The van der Waals surface area contributed by atoms with Crippen molar-refractivity contribution in [3.05, 3.63) is 54.7 Å². The summed E-state index contributed by atoms with van der Waals surface area (Å²) >= 11 is 0. The number of pyridine rings is 1. The lowest BCUT2D eigenvalue weighted by molar-refractivity contribution is 0.475. The summed E-state index contributed by atoms with van der Waals surface area (Å²) in [6, 6.07) is 14.5. The van der Waals surface area contributed by atoms with Gasteiger partial charge in [-0.15, -0.1) is 0 Å². The summed E-state index contributed by atoms with van der Waals surface area (Å²) in [6.45, 7) is 0. The van der Waals surface area contributed by atoms with Crippen LogP contribution in [-0.4, -0.2) is 10.1 Å². The lowest BCUT2D eigenvalue weighted by Gasteiger charge is -2.09. The van der Waals surface area contributed by atoms with Crippen LogP contribution in [0.4, 0.5) is 17.2 Å². The molecule has 0 unspecified atom stereocenters. The van der Waals surface area contributed by atoms with E-state index in [1.165, 1.54) is 0 Å². The first-order valence-corrected chi connectivity index (χ1v) is 5.93. The maximum atomic E-state index is 9.47. The molecule has 0 saturated carbocycles. The van der Waals surface area contributed by atoms with Crippen LogP contribution in [0.3, 0.4) is 0 Å². The van der Waals surface area contributed by atoms with Crippen LogP contribution in [0.2, 0.25) is 0 Å². The molecule has 0 aliphatic heterocycles. The number of nitrogens with two attached hydrogens (primary N) is 1. The molecule has 0 fully saturated rings. The molecule has 4 nitrogen and oxygen atoms in total. The highest BCUT2D eigenvalue weighted by Gasteiger charge is 2.03. The summed E-state index contributed by atoms with van der Waals surface area (Å²) in [4.78, 5) is 4.32. The molecular weight excluding hydrogens is 238 g/mol. The van der Waals surface area contributed by atoms with Gasteiger partial charge in [-0.2, -0.15) is 0 Å². The number of benzene rings is 2. The van der Waals surface area contributed by atoms with E-state index in [-0.39, 0.29) is 5.75 Å². The molecule has 0 amide bonds. The Kier molecular flexibility index (Phi) is 2.68. The van der Waals surface area contributed by atoms with E-state index in [2.05, 4.69) is 10.3 Å². The number of hydrogen-bond donors (Lipinski definition) is 3. The van der Waals surface area contributed by atoms with E-state index in [4.69, 9.17) is 5.73 Å². The summed E-state index contributed by atoms with van der Waals surface area (Å²) in [5.74, 6) is 0.931. The molecule has 0 radical (unpaired) electrons. The van der Waals surface area contributed by atoms with Gasteiger partial charge in [0.25, 0.3) is 0 Å². The molecular formula is C15H13N3O. The predicted octanol–water partition coefficient (Wildman–Crippen LogP) is 3.27. The molecule has 0 bridgehead atoms. The van der Waals surface area contributed by atoms with Crippen LogP contribution in [-0.2, 0) is 0 Å². The van der Waals surface area contributed by atoms with Gasteiger partial charge in [-0.25, -0.2) is 4.98 Å². The maximum absolute atomic E-state index is 9.47. The normalized spacial score (nSPS) is 10.5. The van der Waals surface area contributed by atoms with Crippen molar-refractivity contribution in [3.63, 3.8) is 0 Å². The van der Waals surface area contributed by atoms with Crippen molar-refractivity contribution in [1.82, 2.24) is 4.98 Å². The monoisotopic (exact) mass is 251 g/mol. The van der Waals surface area contributed by atoms with Gasteiger partial charge in [-0.1, -0.05) is 12.1 Å². The van der Waals surface area contributed by atoms with Crippen molar-refractivity contribution in [1.29, 1.82) is 0 Å². The van der Waals surface area contributed by atoms with Crippen LogP contribution >= 0.6 is 0 Å². The zero-order valence-electron chi connectivity index (χ0n) is 10.2. The van der Waals surface area contributed by atoms with E-state index < -0.39 is 0 Å². The quantitative estimate of drug-likeness (QED) is 0.611. The first-order valence-electron chi connectivity index (χ1n) is 5.93. The second kappa shape index (κ2) is 4.49. The van der Waals surface area contributed by atoms with Crippen molar-refractivity contribution < 1.29 is 5.11 Å². The Morgan fingerprint density at radius 2 is 1.95 bits per heavy atom. The first-order chi connectivity index (χ1) is 9.22. The fourth-order valence-electron chi connectivity index (χ4n) is 2.01. The van der Waals surface area contributed by atoms with Gasteiger partial charge in [0, 0.05) is 29.0 Å². The zero-order valence-corrected chi connectivity index (χ0v) is 10.2. The van der Waals surface area contributed by atoms with Gasteiger partial charge in [0.15, 0.2) is 0 Å². The third-order valence-electron chi connectivity index (χ3n) is 2.90. The van der Waals surface area contributed by atoms with E-state index in [0.29, 0.717) is 5.69 Å². The summed E-state index contributed by atoms with van der Waals surface area (Å²) in [6.07, 6.45) is 1.74. The Hall–Kier alpha value is -2.75. The Morgan fingerprint density at radius 1 is 1.05 bits per heavy atom. The Balaban J connectivity index is 2.07. The van der Waals surface area contributed by atoms with Gasteiger partial charge in [0.05, 0.1) is 0 Å². The number of aromatic hydroxyl groups is 1. The molecule has 0 saturated heterocycles. The van der Waals surface area contributed by atoms with Crippen molar-refractivity contribution in [3.8, 4) is 5.75 Å². The smallest absolute Gasteiger partial charge is 0.138 e. The molecule has 0 aliphatic carbocycles. The number of nitrogens with one attached hydrogen (secondary N) is 1. The van der Waals surface area contributed by atoms with Gasteiger partial charge >= 0.3 is 0 Å². The predicted molar refractivity (Wildman–Crippen MR) is 77.5 cm³/mol. The summed E-state index contributed by atoms with van der Waals surface area (Å²) < 4.78 is 0. The molecule has 4 heteroatoms. The van der Waals surface area contributed by atoms with Crippen LogP contribution < -0.4 is 11.1 Å². The lowest BCUT2D eigenvalue weighted by Crippen LogP contribution is -1.95. The number of phenols is 1. The molecule has 0 atom stereocenters. The number of hydrogen-bond acceptors (Lipinski definition) is 4. The minimum Gasteiger partial charge on any atom is -0.508 e. The molecule has 3 aromatic rings. The summed E-state index contributed by atoms with van der Waals surface area (Å²) in [5.41, 5.74) is 7.29.